The largest absolute Gasteiger partial charge is 0.310 e. The summed E-state index contributed by atoms with van der Waals surface area (Å²) in [5, 5.41) is 0.662. The standard InChI is InChI=1S/C20H19ClN2O/c21-16-9-10-18-17(11-16)20(15-7-2-1-3-8-15)22-12-19(24)23(18)13-14-5-4-6-14/h1-3,7-11,14H,4-6,12-13H2. The van der Waals surface area contributed by atoms with Gasteiger partial charge in [0.2, 0.25) is 5.91 Å². The molecule has 0 N–H and O–H groups in total. The van der Waals surface area contributed by atoms with Gasteiger partial charge in [0.1, 0.15) is 6.54 Å². The molecule has 0 spiro atoms. The minimum atomic E-state index is 0.0661. The Balaban J connectivity index is 1.81. The van der Waals surface area contributed by atoms with Crippen LogP contribution in [0.4, 0.5) is 5.69 Å². The van der Waals surface area contributed by atoms with Crippen molar-refractivity contribution in [2.45, 2.75) is 19.3 Å². The molecule has 0 bridgehead atoms. The van der Waals surface area contributed by atoms with E-state index in [1.807, 2.05) is 53.4 Å². The molecule has 24 heavy (non-hydrogen) atoms. The summed E-state index contributed by atoms with van der Waals surface area (Å²) in [6.45, 7) is 0.967. The second-order valence-corrected chi connectivity index (χ2v) is 6.93. The normalized spacial score (nSPS) is 17.8. The number of aliphatic imine (C=N–C) groups is 1. The van der Waals surface area contributed by atoms with Gasteiger partial charge in [-0.2, -0.15) is 0 Å². The van der Waals surface area contributed by atoms with E-state index in [1.54, 1.807) is 0 Å². The Morgan fingerprint density at radius 2 is 1.92 bits per heavy atom. The molecule has 1 heterocycles. The van der Waals surface area contributed by atoms with Gasteiger partial charge in [-0.05, 0) is 37.0 Å². The third-order valence-corrected chi connectivity index (χ3v) is 5.13. The van der Waals surface area contributed by atoms with Crippen LogP contribution in [0.2, 0.25) is 5.02 Å². The first kappa shape index (κ1) is 15.4. The number of fused-ring (bicyclic) bond motifs is 1. The number of benzene rings is 2. The summed E-state index contributed by atoms with van der Waals surface area (Å²) >= 11 is 6.25. The van der Waals surface area contributed by atoms with E-state index < -0.39 is 0 Å². The Hall–Kier alpha value is -2.13. The van der Waals surface area contributed by atoms with E-state index in [2.05, 4.69) is 4.99 Å². The molecule has 1 fully saturated rings. The molecular weight excluding hydrogens is 320 g/mol. The van der Waals surface area contributed by atoms with Crippen molar-refractivity contribution in [3.05, 3.63) is 64.7 Å². The molecule has 1 aliphatic heterocycles. The van der Waals surface area contributed by atoms with Gasteiger partial charge in [-0.1, -0.05) is 48.4 Å². The number of carbonyl (C=O) groups excluding carboxylic acids is 1. The van der Waals surface area contributed by atoms with Crippen molar-refractivity contribution in [1.29, 1.82) is 0 Å². The Bertz CT molecular complexity index is 797. The number of carbonyl (C=O) groups is 1. The maximum absolute atomic E-state index is 12.7. The molecule has 1 saturated carbocycles. The highest BCUT2D eigenvalue weighted by Crippen LogP contribution is 2.33. The van der Waals surface area contributed by atoms with Crippen LogP contribution in [0.15, 0.2) is 53.5 Å². The van der Waals surface area contributed by atoms with Gasteiger partial charge in [-0.25, -0.2) is 0 Å². The van der Waals surface area contributed by atoms with Gasteiger partial charge in [0.25, 0.3) is 0 Å². The number of anilines is 1. The average molecular weight is 339 g/mol. The molecule has 1 amide bonds. The highest BCUT2D eigenvalue weighted by atomic mass is 35.5. The van der Waals surface area contributed by atoms with Gasteiger partial charge in [0.05, 0.1) is 11.4 Å². The van der Waals surface area contributed by atoms with Crippen molar-refractivity contribution in [2.75, 3.05) is 18.0 Å². The quantitative estimate of drug-likeness (QED) is 0.820. The predicted octanol–water partition coefficient (Wildman–Crippen LogP) is 4.32. The Morgan fingerprint density at radius 3 is 2.62 bits per heavy atom. The molecule has 1 aliphatic carbocycles. The first-order valence-corrected chi connectivity index (χ1v) is 8.80. The smallest absolute Gasteiger partial charge is 0.248 e. The van der Waals surface area contributed by atoms with Crippen LogP contribution in [0.1, 0.15) is 30.4 Å². The van der Waals surface area contributed by atoms with Crippen molar-refractivity contribution in [3.8, 4) is 0 Å². The Labute approximate surface area is 147 Å². The van der Waals surface area contributed by atoms with Crippen LogP contribution >= 0.6 is 11.6 Å². The summed E-state index contributed by atoms with van der Waals surface area (Å²) in [7, 11) is 0. The van der Waals surface area contributed by atoms with E-state index in [0.717, 1.165) is 29.1 Å². The molecule has 0 saturated heterocycles. The van der Waals surface area contributed by atoms with E-state index in [-0.39, 0.29) is 12.5 Å². The van der Waals surface area contributed by atoms with Gasteiger partial charge in [0.15, 0.2) is 0 Å². The van der Waals surface area contributed by atoms with Crippen LogP contribution in [-0.2, 0) is 4.79 Å². The summed E-state index contributed by atoms with van der Waals surface area (Å²) < 4.78 is 0. The molecule has 4 heteroatoms. The van der Waals surface area contributed by atoms with Crippen molar-refractivity contribution < 1.29 is 4.79 Å². The lowest BCUT2D eigenvalue weighted by molar-refractivity contribution is -0.117. The third kappa shape index (κ3) is 2.84. The summed E-state index contributed by atoms with van der Waals surface area (Å²) in [6.07, 6.45) is 3.68. The van der Waals surface area contributed by atoms with Crippen molar-refractivity contribution >= 4 is 28.9 Å². The monoisotopic (exact) mass is 338 g/mol. The number of rotatable bonds is 3. The zero-order valence-electron chi connectivity index (χ0n) is 13.4. The van der Waals surface area contributed by atoms with Crippen LogP contribution in [-0.4, -0.2) is 24.7 Å². The molecule has 0 radical (unpaired) electrons. The number of amides is 1. The number of benzodiazepines with no additional fused rings is 1. The molecule has 2 aliphatic rings. The molecule has 3 nitrogen and oxygen atoms in total. The summed E-state index contributed by atoms with van der Waals surface area (Å²) in [6, 6.07) is 15.7. The summed E-state index contributed by atoms with van der Waals surface area (Å²) in [5.41, 5.74) is 3.73. The van der Waals surface area contributed by atoms with Crippen molar-refractivity contribution in [2.24, 2.45) is 10.9 Å². The SMILES string of the molecule is O=C1CN=C(c2ccccc2)c2cc(Cl)ccc2N1CC1CCC1. The number of hydrogen-bond acceptors (Lipinski definition) is 2. The van der Waals surface area contributed by atoms with E-state index >= 15 is 0 Å². The molecule has 0 atom stereocenters. The minimum absolute atomic E-state index is 0.0661. The molecule has 4 rings (SSSR count). The number of hydrogen-bond donors (Lipinski definition) is 0. The first-order valence-electron chi connectivity index (χ1n) is 8.42. The lowest BCUT2D eigenvalue weighted by Gasteiger charge is -2.32. The van der Waals surface area contributed by atoms with E-state index in [9.17, 15) is 4.79 Å². The van der Waals surface area contributed by atoms with Crippen LogP contribution in [0, 0.1) is 5.92 Å². The summed E-state index contributed by atoms with van der Waals surface area (Å²) in [5.74, 6) is 0.673. The van der Waals surface area contributed by atoms with E-state index in [1.165, 1.54) is 19.3 Å². The third-order valence-electron chi connectivity index (χ3n) is 4.89. The van der Waals surface area contributed by atoms with Crippen LogP contribution in [0.3, 0.4) is 0 Å². The van der Waals surface area contributed by atoms with E-state index in [4.69, 9.17) is 11.6 Å². The fraction of sp³-hybridized carbons (Fsp3) is 0.300. The van der Waals surface area contributed by atoms with Gasteiger partial charge in [-0.3, -0.25) is 9.79 Å². The topological polar surface area (TPSA) is 32.7 Å². The van der Waals surface area contributed by atoms with Crippen LogP contribution in [0.25, 0.3) is 0 Å². The van der Waals surface area contributed by atoms with Crippen molar-refractivity contribution in [3.63, 3.8) is 0 Å². The van der Waals surface area contributed by atoms with Gasteiger partial charge in [0, 0.05) is 22.7 Å². The fourth-order valence-corrected chi connectivity index (χ4v) is 3.53. The van der Waals surface area contributed by atoms with Crippen molar-refractivity contribution in [1.82, 2.24) is 0 Å². The molecule has 2 aromatic rings. The summed E-state index contributed by atoms with van der Waals surface area (Å²) in [4.78, 5) is 19.2. The highest BCUT2D eigenvalue weighted by molar-refractivity contribution is 6.32. The first-order chi connectivity index (χ1) is 11.7. The molecule has 122 valence electrons. The lowest BCUT2D eigenvalue weighted by Crippen LogP contribution is -2.38. The predicted molar refractivity (Wildman–Crippen MR) is 98.1 cm³/mol. The number of halogens is 1. The van der Waals surface area contributed by atoms with Crippen LogP contribution in [0.5, 0.6) is 0 Å². The second-order valence-electron chi connectivity index (χ2n) is 6.49. The lowest BCUT2D eigenvalue weighted by atomic mass is 9.85. The minimum Gasteiger partial charge on any atom is -0.310 e. The maximum atomic E-state index is 12.7. The van der Waals surface area contributed by atoms with Gasteiger partial charge < -0.3 is 4.90 Å². The second kappa shape index (κ2) is 6.40. The average Bonchev–Trinajstić information content (AvgIpc) is 2.68. The maximum Gasteiger partial charge on any atom is 0.248 e. The Kier molecular flexibility index (Phi) is 4.11. The molecule has 0 aromatic heterocycles. The molecule has 2 aromatic carbocycles. The fourth-order valence-electron chi connectivity index (χ4n) is 3.36. The number of nitrogens with zero attached hydrogens (tertiary/aromatic N) is 2. The van der Waals surface area contributed by atoms with E-state index in [0.29, 0.717) is 10.9 Å². The molecule has 0 unspecified atom stereocenters. The van der Waals surface area contributed by atoms with Gasteiger partial charge in [-0.15, -0.1) is 0 Å². The zero-order valence-corrected chi connectivity index (χ0v) is 14.2. The zero-order chi connectivity index (χ0) is 16.5. The van der Waals surface area contributed by atoms with Gasteiger partial charge >= 0.3 is 0 Å². The molecular formula is C20H19ClN2O. The Morgan fingerprint density at radius 1 is 1.12 bits per heavy atom. The highest BCUT2D eigenvalue weighted by Gasteiger charge is 2.29. The van der Waals surface area contributed by atoms with Crippen LogP contribution < -0.4 is 4.90 Å².